The molecule has 3 rings (SSSR count). The number of ether oxygens (including phenoxy) is 1. The first kappa shape index (κ1) is 16.5. The van der Waals surface area contributed by atoms with Crippen LogP contribution >= 0.6 is 0 Å². The first-order valence-corrected chi connectivity index (χ1v) is 7.46. The fraction of sp³-hybridized carbons (Fsp3) is 0.118. The Hall–Kier alpha value is -3.39. The minimum atomic E-state index is -0.403. The van der Waals surface area contributed by atoms with Gasteiger partial charge in [-0.1, -0.05) is 6.07 Å². The van der Waals surface area contributed by atoms with Gasteiger partial charge in [0.15, 0.2) is 5.75 Å². The molecule has 1 amide bonds. The van der Waals surface area contributed by atoms with Gasteiger partial charge in [-0.05, 0) is 24.3 Å². The van der Waals surface area contributed by atoms with Crippen molar-refractivity contribution >= 4 is 17.3 Å². The maximum Gasteiger partial charge on any atom is 0.278 e. The monoisotopic (exact) mass is 339 g/mol. The number of carbonyl (C=O) groups is 1. The molecule has 0 bridgehead atoms. The average molecular weight is 339 g/mol. The first-order valence-electron chi connectivity index (χ1n) is 7.46. The number of aromatic nitrogens is 3. The molecule has 128 valence electrons. The first-order chi connectivity index (χ1) is 12.2. The van der Waals surface area contributed by atoms with Crippen LogP contribution in [0.3, 0.4) is 0 Å². The number of pyridine rings is 1. The third-order valence-electron chi connectivity index (χ3n) is 3.48. The number of hydrogen-bond acceptors (Lipinski definition) is 6. The van der Waals surface area contributed by atoms with Crippen LogP contribution in [0.5, 0.6) is 5.75 Å². The van der Waals surface area contributed by atoms with Gasteiger partial charge in [-0.15, -0.1) is 0 Å². The number of carbonyl (C=O) groups excluding carboxylic acids is 1. The van der Waals surface area contributed by atoms with Gasteiger partial charge in [0.25, 0.3) is 5.91 Å². The highest BCUT2D eigenvalue weighted by Crippen LogP contribution is 2.34. The van der Waals surface area contributed by atoms with Gasteiger partial charge in [-0.2, -0.15) is 5.10 Å². The number of nitrogens with one attached hydrogen (secondary N) is 2. The number of hydrogen-bond donors (Lipinski definition) is 2. The van der Waals surface area contributed by atoms with Gasteiger partial charge in [0.05, 0.1) is 31.2 Å². The van der Waals surface area contributed by atoms with Crippen molar-refractivity contribution in [3.63, 3.8) is 0 Å². The van der Waals surface area contributed by atoms with Crippen molar-refractivity contribution in [1.82, 2.24) is 20.2 Å². The molecule has 0 radical (unpaired) electrons. The largest absolute Gasteiger partial charge is 0.492 e. The van der Waals surface area contributed by atoms with Crippen LogP contribution in [0.25, 0.3) is 5.69 Å². The van der Waals surface area contributed by atoms with Crippen molar-refractivity contribution in [1.29, 1.82) is 0 Å². The lowest BCUT2D eigenvalue weighted by Crippen LogP contribution is -2.23. The summed E-state index contributed by atoms with van der Waals surface area (Å²) in [5, 5.41) is 7.44. The zero-order valence-corrected chi connectivity index (χ0v) is 13.8. The minimum Gasteiger partial charge on any atom is -0.492 e. The lowest BCUT2D eigenvalue weighted by molar-refractivity contribution is 0.0538. The van der Waals surface area contributed by atoms with E-state index in [0.29, 0.717) is 22.7 Å². The van der Waals surface area contributed by atoms with E-state index in [2.05, 4.69) is 25.7 Å². The molecule has 2 heterocycles. The van der Waals surface area contributed by atoms with Gasteiger partial charge in [0, 0.05) is 24.8 Å². The maximum atomic E-state index is 12.1. The third kappa shape index (κ3) is 3.43. The lowest BCUT2D eigenvalue weighted by Gasteiger charge is -2.16. The van der Waals surface area contributed by atoms with Crippen LogP contribution in [0.2, 0.25) is 0 Å². The second-order valence-corrected chi connectivity index (χ2v) is 4.99. The van der Waals surface area contributed by atoms with Gasteiger partial charge in [0.1, 0.15) is 5.69 Å². The average Bonchev–Trinajstić information content (AvgIpc) is 3.16. The quantitative estimate of drug-likeness (QED) is 0.670. The van der Waals surface area contributed by atoms with Crippen LogP contribution in [0.4, 0.5) is 11.4 Å². The normalized spacial score (nSPS) is 10.3. The van der Waals surface area contributed by atoms with Crippen LogP contribution in [-0.2, 0) is 4.84 Å². The topological polar surface area (TPSA) is 90.3 Å². The SMILES string of the molecule is CONC(=O)c1cnccc1Nc1cccc(-n2cccn2)c1OC. The van der Waals surface area contributed by atoms with Crippen LogP contribution in [-0.4, -0.2) is 34.9 Å². The Morgan fingerprint density at radius 3 is 2.72 bits per heavy atom. The highest BCUT2D eigenvalue weighted by atomic mass is 16.6. The predicted octanol–water partition coefficient (Wildman–Crippen LogP) is 2.31. The van der Waals surface area contributed by atoms with Crippen molar-refractivity contribution in [2.75, 3.05) is 19.5 Å². The molecule has 8 heteroatoms. The summed E-state index contributed by atoms with van der Waals surface area (Å²) in [4.78, 5) is 20.8. The summed E-state index contributed by atoms with van der Waals surface area (Å²) in [6.45, 7) is 0. The molecule has 0 unspecified atom stereocenters. The van der Waals surface area contributed by atoms with Gasteiger partial charge in [-0.25, -0.2) is 10.2 Å². The number of nitrogens with zero attached hydrogens (tertiary/aromatic N) is 3. The van der Waals surface area contributed by atoms with Crippen molar-refractivity contribution in [2.24, 2.45) is 0 Å². The maximum absolute atomic E-state index is 12.1. The molecular weight excluding hydrogens is 322 g/mol. The Morgan fingerprint density at radius 2 is 2.00 bits per heavy atom. The van der Waals surface area contributed by atoms with E-state index in [1.54, 1.807) is 30.3 Å². The molecule has 2 N–H and O–H groups in total. The van der Waals surface area contributed by atoms with E-state index in [9.17, 15) is 4.79 Å². The second-order valence-electron chi connectivity index (χ2n) is 4.99. The molecule has 0 aliphatic rings. The van der Waals surface area contributed by atoms with Gasteiger partial charge < -0.3 is 10.1 Å². The zero-order valence-electron chi connectivity index (χ0n) is 13.8. The second kappa shape index (κ2) is 7.45. The molecule has 8 nitrogen and oxygen atoms in total. The molecule has 0 aliphatic heterocycles. The predicted molar refractivity (Wildman–Crippen MR) is 92.1 cm³/mol. The number of para-hydroxylation sites is 1. The number of amides is 1. The van der Waals surface area contributed by atoms with E-state index in [1.165, 1.54) is 13.3 Å². The van der Waals surface area contributed by atoms with E-state index in [-0.39, 0.29) is 0 Å². The van der Waals surface area contributed by atoms with Crippen LogP contribution in [0.1, 0.15) is 10.4 Å². The lowest BCUT2D eigenvalue weighted by atomic mass is 10.2. The summed E-state index contributed by atoms with van der Waals surface area (Å²) in [5.41, 5.74) is 4.66. The summed E-state index contributed by atoms with van der Waals surface area (Å²) in [6.07, 6.45) is 6.57. The smallest absolute Gasteiger partial charge is 0.278 e. The summed E-state index contributed by atoms with van der Waals surface area (Å²) < 4.78 is 7.26. The van der Waals surface area contributed by atoms with Crippen LogP contribution < -0.4 is 15.5 Å². The summed E-state index contributed by atoms with van der Waals surface area (Å²) in [5.74, 6) is 0.196. The minimum absolute atomic E-state index is 0.343. The standard InChI is InChI=1S/C17H17N5O3/c1-24-16-14(5-3-6-15(16)22-10-4-8-19-22)20-13-7-9-18-11-12(13)17(23)21-25-2/h3-11H,1-2H3,(H,18,20)(H,21,23). The molecule has 0 fully saturated rings. The van der Waals surface area contributed by atoms with E-state index in [4.69, 9.17) is 4.74 Å². The zero-order chi connectivity index (χ0) is 17.6. The van der Waals surface area contributed by atoms with Gasteiger partial charge in [0.2, 0.25) is 0 Å². The number of hydroxylamine groups is 1. The Morgan fingerprint density at radius 1 is 1.12 bits per heavy atom. The van der Waals surface area contributed by atoms with E-state index in [0.717, 1.165) is 5.69 Å². The molecule has 0 aliphatic carbocycles. The number of rotatable bonds is 6. The molecule has 3 aromatic rings. The molecule has 2 aromatic heterocycles. The van der Waals surface area contributed by atoms with E-state index in [1.807, 2.05) is 30.5 Å². The van der Waals surface area contributed by atoms with Crippen molar-refractivity contribution < 1.29 is 14.4 Å². The Labute approximate surface area is 144 Å². The van der Waals surface area contributed by atoms with Crippen molar-refractivity contribution in [3.05, 3.63) is 60.7 Å². The van der Waals surface area contributed by atoms with Crippen molar-refractivity contribution in [3.8, 4) is 11.4 Å². The molecule has 0 atom stereocenters. The van der Waals surface area contributed by atoms with Crippen LogP contribution in [0.15, 0.2) is 55.1 Å². The van der Waals surface area contributed by atoms with Gasteiger partial charge >= 0.3 is 0 Å². The molecule has 0 spiro atoms. The van der Waals surface area contributed by atoms with E-state index < -0.39 is 5.91 Å². The number of methoxy groups -OCH3 is 1. The van der Waals surface area contributed by atoms with Crippen molar-refractivity contribution in [2.45, 2.75) is 0 Å². The Kier molecular flexibility index (Phi) is 4.91. The summed E-state index contributed by atoms with van der Waals surface area (Å²) in [7, 11) is 2.95. The summed E-state index contributed by atoms with van der Waals surface area (Å²) >= 11 is 0. The Bertz CT molecular complexity index is 864. The number of anilines is 2. The van der Waals surface area contributed by atoms with E-state index >= 15 is 0 Å². The highest BCUT2D eigenvalue weighted by Gasteiger charge is 2.15. The molecule has 0 saturated carbocycles. The molecular formula is C17H17N5O3. The van der Waals surface area contributed by atoms with Crippen LogP contribution in [0, 0.1) is 0 Å². The highest BCUT2D eigenvalue weighted by molar-refractivity contribution is 5.99. The molecule has 1 aromatic carbocycles. The third-order valence-corrected chi connectivity index (χ3v) is 3.48. The Balaban J connectivity index is 2.00. The molecule has 25 heavy (non-hydrogen) atoms. The fourth-order valence-corrected chi connectivity index (χ4v) is 2.41. The summed E-state index contributed by atoms with van der Waals surface area (Å²) in [6, 6.07) is 9.14. The fourth-order valence-electron chi connectivity index (χ4n) is 2.41. The van der Waals surface area contributed by atoms with Gasteiger partial charge in [-0.3, -0.25) is 14.6 Å². The molecule has 0 saturated heterocycles. The number of benzene rings is 1.